The standard InChI is InChI=1S/C13H12N2/c1-8-3-4-10-6-12-13(7-11(10)5-8)15-9(2)14-12/h3-7H,1-2H3,(H,14,15). The Balaban J connectivity index is 2.46. The maximum atomic E-state index is 4.43. The highest BCUT2D eigenvalue weighted by molar-refractivity contribution is 5.95. The maximum absolute atomic E-state index is 4.43. The van der Waals surface area contributed by atoms with E-state index < -0.39 is 0 Å². The molecule has 2 aromatic carbocycles. The third-order valence-corrected chi connectivity index (χ3v) is 2.71. The molecule has 1 aromatic heterocycles. The highest BCUT2D eigenvalue weighted by atomic mass is 14.9. The van der Waals surface area contributed by atoms with Gasteiger partial charge in [0.1, 0.15) is 5.82 Å². The molecule has 0 aliphatic heterocycles. The van der Waals surface area contributed by atoms with Gasteiger partial charge in [0.15, 0.2) is 0 Å². The Labute approximate surface area is 88.0 Å². The fourth-order valence-corrected chi connectivity index (χ4v) is 2.00. The third kappa shape index (κ3) is 1.30. The highest BCUT2D eigenvalue weighted by Gasteiger charge is 2.01. The van der Waals surface area contributed by atoms with Crippen LogP contribution < -0.4 is 0 Å². The van der Waals surface area contributed by atoms with Crippen molar-refractivity contribution in [2.75, 3.05) is 0 Å². The number of hydrogen-bond acceptors (Lipinski definition) is 1. The van der Waals surface area contributed by atoms with E-state index in [4.69, 9.17) is 0 Å². The normalized spacial score (nSPS) is 11.3. The van der Waals surface area contributed by atoms with Crippen LogP contribution in [0.25, 0.3) is 21.8 Å². The van der Waals surface area contributed by atoms with Crippen molar-refractivity contribution in [1.29, 1.82) is 0 Å². The van der Waals surface area contributed by atoms with Gasteiger partial charge in [0.2, 0.25) is 0 Å². The van der Waals surface area contributed by atoms with Gasteiger partial charge >= 0.3 is 0 Å². The van der Waals surface area contributed by atoms with Crippen molar-refractivity contribution in [3.63, 3.8) is 0 Å². The van der Waals surface area contributed by atoms with Gasteiger partial charge < -0.3 is 4.98 Å². The molecule has 3 aromatic rings. The highest BCUT2D eigenvalue weighted by Crippen LogP contribution is 2.22. The second-order valence-corrected chi connectivity index (χ2v) is 4.04. The molecule has 3 rings (SSSR count). The van der Waals surface area contributed by atoms with Crippen LogP contribution in [-0.4, -0.2) is 9.97 Å². The number of nitrogens with one attached hydrogen (secondary N) is 1. The lowest BCUT2D eigenvalue weighted by atomic mass is 10.1. The van der Waals surface area contributed by atoms with E-state index >= 15 is 0 Å². The summed E-state index contributed by atoms with van der Waals surface area (Å²) in [5.74, 6) is 0.969. The first kappa shape index (κ1) is 8.48. The van der Waals surface area contributed by atoms with Gasteiger partial charge in [-0.3, -0.25) is 0 Å². The Morgan fingerprint density at radius 2 is 1.87 bits per heavy atom. The minimum absolute atomic E-state index is 0.969. The quantitative estimate of drug-likeness (QED) is 0.587. The predicted octanol–water partition coefficient (Wildman–Crippen LogP) is 3.33. The van der Waals surface area contributed by atoms with E-state index in [0.29, 0.717) is 0 Å². The molecule has 74 valence electrons. The number of rotatable bonds is 0. The van der Waals surface area contributed by atoms with Crippen LogP contribution >= 0.6 is 0 Å². The van der Waals surface area contributed by atoms with Gasteiger partial charge in [-0.15, -0.1) is 0 Å². The minimum atomic E-state index is 0.969. The third-order valence-electron chi connectivity index (χ3n) is 2.71. The smallest absolute Gasteiger partial charge is 0.104 e. The fraction of sp³-hybridized carbons (Fsp3) is 0.154. The van der Waals surface area contributed by atoms with Crippen LogP contribution in [0.2, 0.25) is 0 Å². The Morgan fingerprint density at radius 1 is 1.00 bits per heavy atom. The first-order valence-electron chi connectivity index (χ1n) is 5.09. The van der Waals surface area contributed by atoms with Crippen LogP contribution in [0.5, 0.6) is 0 Å². The maximum Gasteiger partial charge on any atom is 0.104 e. The molecule has 0 saturated carbocycles. The molecule has 0 aliphatic carbocycles. The van der Waals surface area contributed by atoms with Crippen LogP contribution in [0, 0.1) is 13.8 Å². The predicted molar refractivity (Wildman–Crippen MR) is 63.1 cm³/mol. The van der Waals surface area contributed by atoms with Gasteiger partial charge in [-0.2, -0.15) is 0 Å². The second-order valence-electron chi connectivity index (χ2n) is 4.04. The van der Waals surface area contributed by atoms with E-state index in [9.17, 15) is 0 Å². The molecule has 0 fully saturated rings. The number of nitrogens with zero attached hydrogens (tertiary/aromatic N) is 1. The summed E-state index contributed by atoms with van der Waals surface area (Å²) in [6.45, 7) is 4.10. The zero-order chi connectivity index (χ0) is 10.4. The summed E-state index contributed by atoms with van der Waals surface area (Å²) in [7, 11) is 0. The zero-order valence-electron chi connectivity index (χ0n) is 8.83. The van der Waals surface area contributed by atoms with E-state index in [2.05, 4.69) is 47.2 Å². The minimum Gasteiger partial charge on any atom is -0.342 e. The zero-order valence-corrected chi connectivity index (χ0v) is 8.83. The Morgan fingerprint density at radius 3 is 2.73 bits per heavy atom. The van der Waals surface area contributed by atoms with Crippen molar-refractivity contribution in [1.82, 2.24) is 9.97 Å². The largest absolute Gasteiger partial charge is 0.342 e. The molecule has 2 nitrogen and oxygen atoms in total. The Bertz CT molecular complexity index is 650. The van der Waals surface area contributed by atoms with Crippen molar-refractivity contribution in [2.45, 2.75) is 13.8 Å². The first-order chi connectivity index (χ1) is 7.22. The van der Waals surface area contributed by atoms with E-state index in [1.165, 1.54) is 16.3 Å². The summed E-state index contributed by atoms with van der Waals surface area (Å²) >= 11 is 0. The second kappa shape index (κ2) is 2.83. The summed E-state index contributed by atoms with van der Waals surface area (Å²) in [5.41, 5.74) is 3.45. The summed E-state index contributed by atoms with van der Waals surface area (Å²) in [6, 6.07) is 10.8. The van der Waals surface area contributed by atoms with Crippen LogP contribution in [0.3, 0.4) is 0 Å². The van der Waals surface area contributed by atoms with Crippen LogP contribution in [0.1, 0.15) is 11.4 Å². The number of fused-ring (bicyclic) bond motifs is 2. The summed E-state index contributed by atoms with van der Waals surface area (Å²) in [5, 5.41) is 2.52. The lowest BCUT2D eigenvalue weighted by Gasteiger charge is -1.99. The number of benzene rings is 2. The molecular weight excluding hydrogens is 184 g/mol. The first-order valence-corrected chi connectivity index (χ1v) is 5.09. The number of aromatic nitrogens is 2. The number of aromatic amines is 1. The molecule has 0 amide bonds. The van der Waals surface area contributed by atoms with Crippen molar-refractivity contribution < 1.29 is 0 Å². The van der Waals surface area contributed by atoms with E-state index in [1.54, 1.807) is 0 Å². The fourth-order valence-electron chi connectivity index (χ4n) is 2.00. The molecular formula is C13H12N2. The SMILES string of the molecule is Cc1ccc2cc3nc(C)[nH]c3cc2c1. The molecule has 1 heterocycles. The summed E-state index contributed by atoms with van der Waals surface area (Å²) in [6.07, 6.45) is 0. The van der Waals surface area contributed by atoms with E-state index in [-0.39, 0.29) is 0 Å². The van der Waals surface area contributed by atoms with E-state index in [0.717, 1.165) is 16.9 Å². The van der Waals surface area contributed by atoms with Crippen molar-refractivity contribution in [3.8, 4) is 0 Å². The molecule has 0 bridgehead atoms. The summed E-state index contributed by atoms with van der Waals surface area (Å²) in [4.78, 5) is 7.69. The molecule has 15 heavy (non-hydrogen) atoms. The lowest BCUT2D eigenvalue weighted by Crippen LogP contribution is -1.76. The lowest BCUT2D eigenvalue weighted by molar-refractivity contribution is 1.17. The molecule has 2 heteroatoms. The number of aryl methyl sites for hydroxylation is 2. The Kier molecular flexibility index (Phi) is 1.60. The van der Waals surface area contributed by atoms with Gasteiger partial charge in [0.05, 0.1) is 11.0 Å². The van der Waals surface area contributed by atoms with Crippen LogP contribution in [-0.2, 0) is 0 Å². The summed E-state index contributed by atoms with van der Waals surface area (Å²) < 4.78 is 0. The van der Waals surface area contributed by atoms with Crippen LogP contribution in [0.15, 0.2) is 30.3 Å². The topological polar surface area (TPSA) is 28.7 Å². The van der Waals surface area contributed by atoms with Gasteiger partial charge in [-0.1, -0.05) is 23.8 Å². The van der Waals surface area contributed by atoms with E-state index in [1.807, 2.05) is 6.92 Å². The van der Waals surface area contributed by atoms with Crippen molar-refractivity contribution >= 4 is 21.8 Å². The number of imidazole rings is 1. The number of hydrogen-bond donors (Lipinski definition) is 1. The molecule has 0 aliphatic rings. The monoisotopic (exact) mass is 196 g/mol. The van der Waals surface area contributed by atoms with Gasteiger partial charge in [-0.05, 0) is 36.8 Å². The average Bonchev–Trinajstić information content (AvgIpc) is 2.53. The molecule has 0 atom stereocenters. The van der Waals surface area contributed by atoms with Crippen molar-refractivity contribution in [3.05, 3.63) is 41.7 Å². The molecule has 0 unspecified atom stereocenters. The van der Waals surface area contributed by atoms with Gasteiger partial charge in [0, 0.05) is 0 Å². The van der Waals surface area contributed by atoms with Crippen molar-refractivity contribution in [2.24, 2.45) is 0 Å². The molecule has 1 N–H and O–H groups in total. The van der Waals surface area contributed by atoms with Gasteiger partial charge in [0.25, 0.3) is 0 Å². The average molecular weight is 196 g/mol. The molecule has 0 spiro atoms. The molecule has 0 radical (unpaired) electrons. The number of H-pyrrole nitrogens is 1. The Hall–Kier alpha value is -1.83. The molecule has 0 saturated heterocycles. The van der Waals surface area contributed by atoms with Crippen LogP contribution in [0.4, 0.5) is 0 Å². The van der Waals surface area contributed by atoms with Gasteiger partial charge in [-0.25, -0.2) is 4.98 Å².